The maximum absolute atomic E-state index is 10.9. The SMILES string of the molecule is CCCCCC(C)C#CC(=O)OCC. The second kappa shape index (κ2) is 8.62. The van der Waals surface area contributed by atoms with Crippen LogP contribution in [0.2, 0.25) is 0 Å². The molecule has 0 rings (SSSR count). The van der Waals surface area contributed by atoms with Gasteiger partial charge in [0.25, 0.3) is 0 Å². The van der Waals surface area contributed by atoms with Crippen LogP contribution < -0.4 is 0 Å². The molecule has 0 amide bonds. The van der Waals surface area contributed by atoms with Crippen molar-refractivity contribution in [1.29, 1.82) is 0 Å². The molecule has 80 valence electrons. The third-order valence-corrected chi connectivity index (χ3v) is 1.94. The van der Waals surface area contributed by atoms with Crippen LogP contribution in [0, 0.1) is 17.8 Å². The van der Waals surface area contributed by atoms with Crippen LogP contribution >= 0.6 is 0 Å². The zero-order valence-electron chi connectivity index (χ0n) is 9.43. The Hall–Kier alpha value is -0.970. The third-order valence-electron chi connectivity index (χ3n) is 1.94. The lowest BCUT2D eigenvalue weighted by Gasteiger charge is -2.01. The zero-order chi connectivity index (χ0) is 10.8. The van der Waals surface area contributed by atoms with Crippen LogP contribution in [0.3, 0.4) is 0 Å². The summed E-state index contributed by atoms with van der Waals surface area (Å²) in [6.07, 6.45) is 4.72. The fraction of sp³-hybridized carbons (Fsp3) is 0.750. The summed E-state index contributed by atoms with van der Waals surface area (Å²) in [6, 6.07) is 0. The quantitative estimate of drug-likeness (QED) is 0.292. The van der Waals surface area contributed by atoms with Gasteiger partial charge in [0.05, 0.1) is 6.61 Å². The molecule has 2 nitrogen and oxygen atoms in total. The van der Waals surface area contributed by atoms with E-state index in [0.29, 0.717) is 12.5 Å². The lowest BCUT2D eigenvalue weighted by atomic mass is 10.0. The summed E-state index contributed by atoms with van der Waals surface area (Å²) in [5, 5.41) is 0. The lowest BCUT2D eigenvalue weighted by molar-refractivity contribution is -0.136. The summed E-state index contributed by atoms with van der Waals surface area (Å²) >= 11 is 0. The number of ether oxygens (including phenoxy) is 1. The van der Waals surface area contributed by atoms with Crippen LogP contribution in [0.25, 0.3) is 0 Å². The van der Waals surface area contributed by atoms with E-state index in [1.165, 1.54) is 19.3 Å². The molecule has 0 aliphatic rings. The monoisotopic (exact) mass is 196 g/mol. The molecule has 0 spiro atoms. The largest absolute Gasteiger partial charge is 0.456 e. The van der Waals surface area contributed by atoms with Gasteiger partial charge in [-0.05, 0) is 13.3 Å². The smallest absolute Gasteiger partial charge is 0.384 e. The number of esters is 1. The van der Waals surface area contributed by atoms with Gasteiger partial charge < -0.3 is 4.74 Å². The molecule has 0 aromatic rings. The molecule has 2 heteroatoms. The van der Waals surface area contributed by atoms with E-state index in [2.05, 4.69) is 18.8 Å². The van der Waals surface area contributed by atoms with Crippen molar-refractivity contribution in [3.05, 3.63) is 0 Å². The normalized spacial score (nSPS) is 11.4. The van der Waals surface area contributed by atoms with Gasteiger partial charge in [-0.25, -0.2) is 4.79 Å². The fourth-order valence-electron chi connectivity index (χ4n) is 1.12. The highest BCUT2D eigenvalue weighted by Crippen LogP contribution is 2.07. The van der Waals surface area contributed by atoms with Crippen molar-refractivity contribution < 1.29 is 9.53 Å². The first kappa shape index (κ1) is 13.0. The Labute approximate surface area is 87.0 Å². The molecule has 0 aromatic carbocycles. The average Bonchev–Trinajstić information content (AvgIpc) is 2.16. The number of rotatable bonds is 5. The molecular weight excluding hydrogens is 176 g/mol. The van der Waals surface area contributed by atoms with Crippen LogP contribution in [0.4, 0.5) is 0 Å². The summed E-state index contributed by atoms with van der Waals surface area (Å²) in [7, 11) is 0. The first-order chi connectivity index (χ1) is 6.70. The Bertz CT molecular complexity index is 210. The molecule has 0 aromatic heterocycles. The van der Waals surface area contributed by atoms with E-state index in [4.69, 9.17) is 4.74 Å². The van der Waals surface area contributed by atoms with E-state index >= 15 is 0 Å². The van der Waals surface area contributed by atoms with Crippen molar-refractivity contribution in [2.24, 2.45) is 5.92 Å². The highest BCUT2D eigenvalue weighted by molar-refractivity contribution is 5.88. The molecule has 0 N–H and O–H groups in total. The van der Waals surface area contributed by atoms with E-state index in [0.717, 1.165) is 6.42 Å². The Kier molecular flexibility index (Phi) is 8.02. The summed E-state index contributed by atoms with van der Waals surface area (Å²) < 4.78 is 4.71. The number of hydrogen-bond donors (Lipinski definition) is 0. The van der Waals surface area contributed by atoms with Crippen molar-refractivity contribution >= 4 is 5.97 Å². The Balaban J connectivity index is 3.68. The van der Waals surface area contributed by atoms with Gasteiger partial charge >= 0.3 is 5.97 Å². The Morgan fingerprint density at radius 2 is 2.07 bits per heavy atom. The standard InChI is InChI=1S/C12H20O2/c1-4-6-7-8-11(3)9-10-12(13)14-5-2/h11H,4-8H2,1-3H3. The highest BCUT2D eigenvalue weighted by atomic mass is 16.5. The molecule has 0 aliphatic heterocycles. The maximum Gasteiger partial charge on any atom is 0.384 e. The zero-order valence-corrected chi connectivity index (χ0v) is 9.43. The molecule has 0 saturated heterocycles. The third kappa shape index (κ3) is 7.67. The number of carbonyl (C=O) groups excluding carboxylic acids is 1. The Morgan fingerprint density at radius 1 is 1.36 bits per heavy atom. The number of carbonyl (C=O) groups is 1. The van der Waals surface area contributed by atoms with E-state index in [1.54, 1.807) is 6.92 Å². The van der Waals surface area contributed by atoms with Gasteiger partial charge in [-0.1, -0.05) is 39.0 Å². The predicted molar refractivity (Wildman–Crippen MR) is 57.7 cm³/mol. The van der Waals surface area contributed by atoms with E-state index in [1.807, 2.05) is 6.92 Å². The molecule has 0 fully saturated rings. The van der Waals surface area contributed by atoms with Crippen LogP contribution in [-0.4, -0.2) is 12.6 Å². The molecular formula is C12H20O2. The van der Waals surface area contributed by atoms with Gasteiger partial charge in [0.2, 0.25) is 0 Å². The van der Waals surface area contributed by atoms with Crippen LogP contribution in [0.15, 0.2) is 0 Å². The van der Waals surface area contributed by atoms with Crippen molar-refractivity contribution in [3.63, 3.8) is 0 Å². The van der Waals surface area contributed by atoms with Crippen molar-refractivity contribution in [1.82, 2.24) is 0 Å². The first-order valence-electron chi connectivity index (χ1n) is 5.39. The predicted octanol–water partition coefficient (Wildman–Crippen LogP) is 2.77. The van der Waals surface area contributed by atoms with Gasteiger partial charge in [-0.15, -0.1) is 0 Å². The van der Waals surface area contributed by atoms with Crippen LogP contribution in [0.5, 0.6) is 0 Å². The van der Waals surface area contributed by atoms with E-state index in [9.17, 15) is 4.79 Å². The fourth-order valence-corrected chi connectivity index (χ4v) is 1.12. The highest BCUT2D eigenvalue weighted by Gasteiger charge is 1.98. The van der Waals surface area contributed by atoms with Gasteiger partial charge in [0.1, 0.15) is 0 Å². The van der Waals surface area contributed by atoms with Crippen molar-refractivity contribution in [2.45, 2.75) is 46.5 Å². The van der Waals surface area contributed by atoms with E-state index < -0.39 is 5.97 Å². The van der Waals surface area contributed by atoms with Gasteiger partial charge in [0, 0.05) is 11.8 Å². The number of hydrogen-bond acceptors (Lipinski definition) is 2. The molecule has 1 atom stereocenters. The molecule has 1 unspecified atom stereocenters. The molecule has 0 radical (unpaired) electrons. The lowest BCUT2D eigenvalue weighted by Crippen LogP contribution is -2.01. The molecule has 0 heterocycles. The summed E-state index contributed by atoms with van der Waals surface area (Å²) in [5.74, 6) is 5.29. The van der Waals surface area contributed by atoms with Crippen LogP contribution in [-0.2, 0) is 9.53 Å². The molecule has 14 heavy (non-hydrogen) atoms. The van der Waals surface area contributed by atoms with Gasteiger partial charge in [-0.3, -0.25) is 0 Å². The van der Waals surface area contributed by atoms with Crippen molar-refractivity contribution in [2.75, 3.05) is 6.61 Å². The maximum atomic E-state index is 10.9. The number of unbranched alkanes of at least 4 members (excludes halogenated alkanes) is 2. The van der Waals surface area contributed by atoms with Crippen LogP contribution in [0.1, 0.15) is 46.5 Å². The van der Waals surface area contributed by atoms with E-state index in [-0.39, 0.29) is 0 Å². The van der Waals surface area contributed by atoms with Crippen molar-refractivity contribution in [3.8, 4) is 11.8 Å². The summed E-state index contributed by atoms with van der Waals surface area (Å²) in [6.45, 7) is 6.40. The molecule has 0 saturated carbocycles. The second-order valence-electron chi connectivity index (χ2n) is 3.39. The average molecular weight is 196 g/mol. The molecule has 0 bridgehead atoms. The van der Waals surface area contributed by atoms with Gasteiger partial charge in [-0.2, -0.15) is 0 Å². The minimum atomic E-state index is -0.408. The minimum absolute atomic E-state index is 0.297. The van der Waals surface area contributed by atoms with Gasteiger partial charge in [0.15, 0.2) is 0 Å². The Morgan fingerprint density at radius 3 is 2.64 bits per heavy atom. The first-order valence-corrected chi connectivity index (χ1v) is 5.39. The summed E-state index contributed by atoms with van der Waals surface area (Å²) in [5.41, 5.74) is 0. The topological polar surface area (TPSA) is 26.3 Å². The minimum Gasteiger partial charge on any atom is -0.456 e. The summed E-state index contributed by atoms with van der Waals surface area (Å²) in [4.78, 5) is 10.9. The molecule has 0 aliphatic carbocycles. The second-order valence-corrected chi connectivity index (χ2v) is 3.39.